The molecule has 262 valence electrons. The smallest absolute Gasteiger partial charge is 0.338 e. The van der Waals surface area contributed by atoms with Gasteiger partial charge in [-0.1, -0.05) is 13.8 Å². The van der Waals surface area contributed by atoms with Gasteiger partial charge in [0.05, 0.1) is 53.8 Å². The van der Waals surface area contributed by atoms with E-state index in [0.717, 1.165) is 12.8 Å². The van der Waals surface area contributed by atoms with Gasteiger partial charge in [-0.2, -0.15) is 0 Å². The van der Waals surface area contributed by atoms with E-state index in [2.05, 4.69) is 23.6 Å². The fourth-order valence-corrected chi connectivity index (χ4v) is 4.70. The van der Waals surface area contributed by atoms with Crippen LogP contribution in [0.2, 0.25) is 0 Å². The van der Waals surface area contributed by atoms with Gasteiger partial charge < -0.3 is 37.9 Å². The zero-order chi connectivity index (χ0) is 32.8. The average Bonchev–Trinajstić information content (AvgIpc) is 3.05. The molecule has 2 aromatic carbocycles. The van der Waals surface area contributed by atoms with E-state index < -0.39 is 11.9 Å². The van der Waals surface area contributed by atoms with E-state index in [1.54, 1.807) is 24.3 Å². The van der Waals surface area contributed by atoms with Crippen molar-refractivity contribution in [3.05, 3.63) is 35.4 Å². The summed E-state index contributed by atoms with van der Waals surface area (Å²) < 4.78 is 43.4. The lowest BCUT2D eigenvalue weighted by Crippen LogP contribution is -2.44. The molecule has 0 heterocycles. The van der Waals surface area contributed by atoms with Crippen LogP contribution in [0.3, 0.4) is 0 Å². The van der Waals surface area contributed by atoms with E-state index in [4.69, 9.17) is 37.9 Å². The third kappa shape index (κ3) is 11.2. The van der Waals surface area contributed by atoms with Gasteiger partial charge in [-0.25, -0.2) is 9.59 Å². The SMILES string of the molecule is CC[C@@H](COC(=O)c1cc(OC)c(OC)c(OC)c1)N(C)CCN(C)[C@@H](CC)COC(=O)c1cc(OC)c(OC)c(OC)c1.Cl.Cl. The van der Waals surface area contributed by atoms with E-state index in [0.29, 0.717) is 58.7 Å². The van der Waals surface area contributed by atoms with Crippen molar-refractivity contribution in [3.8, 4) is 34.5 Å². The molecule has 12 nitrogen and oxygen atoms in total. The molecule has 0 radical (unpaired) electrons. The first-order valence-electron chi connectivity index (χ1n) is 14.5. The molecule has 2 atom stereocenters. The minimum Gasteiger partial charge on any atom is -0.493 e. The number of hydrogen-bond acceptors (Lipinski definition) is 12. The predicted molar refractivity (Wildman–Crippen MR) is 181 cm³/mol. The average molecular weight is 694 g/mol. The topological polar surface area (TPSA) is 114 Å². The lowest BCUT2D eigenvalue weighted by molar-refractivity contribution is 0.0303. The van der Waals surface area contributed by atoms with Gasteiger partial charge in [-0.15, -0.1) is 24.8 Å². The number of carbonyl (C=O) groups is 2. The molecule has 0 aromatic heterocycles. The second-order valence-electron chi connectivity index (χ2n) is 10.1. The van der Waals surface area contributed by atoms with Gasteiger partial charge >= 0.3 is 11.9 Å². The molecule has 0 spiro atoms. The zero-order valence-corrected chi connectivity index (χ0v) is 30.1. The molecule has 0 saturated carbocycles. The maximum Gasteiger partial charge on any atom is 0.338 e. The normalized spacial score (nSPS) is 11.8. The van der Waals surface area contributed by atoms with Crippen LogP contribution in [0.15, 0.2) is 24.3 Å². The maximum atomic E-state index is 12.9. The Morgan fingerprint density at radius 3 is 1.07 bits per heavy atom. The van der Waals surface area contributed by atoms with Crippen LogP contribution in [0, 0.1) is 0 Å². The summed E-state index contributed by atoms with van der Waals surface area (Å²) in [6.07, 6.45) is 1.57. The molecular formula is C32H50Cl2N2O10. The first-order valence-corrected chi connectivity index (χ1v) is 14.5. The number of carbonyl (C=O) groups excluding carboxylic acids is 2. The van der Waals surface area contributed by atoms with E-state index in [-0.39, 0.29) is 50.1 Å². The fourth-order valence-electron chi connectivity index (χ4n) is 4.70. The molecule has 0 aliphatic carbocycles. The third-order valence-corrected chi connectivity index (χ3v) is 7.61. The summed E-state index contributed by atoms with van der Waals surface area (Å²) in [6.45, 7) is 5.97. The Morgan fingerprint density at radius 2 is 0.848 bits per heavy atom. The Bertz CT molecular complexity index is 1090. The molecule has 0 N–H and O–H groups in total. The third-order valence-electron chi connectivity index (χ3n) is 7.61. The van der Waals surface area contributed by atoms with Crippen LogP contribution < -0.4 is 28.4 Å². The number of hydrogen-bond donors (Lipinski definition) is 0. The number of nitrogens with zero attached hydrogens (tertiary/aromatic N) is 2. The fraction of sp³-hybridized carbons (Fsp3) is 0.562. The molecule has 46 heavy (non-hydrogen) atoms. The monoisotopic (exact) mass is 692 g/mol. The molecule has 2 aromatic rings. The summed E-state index contributed by atoms with van der Waals surface area (Å²) in [4.78, 5) is 30.1. The Kier molecular flexibility index (Phi) is 19.9. The van der Waals surface area contributed by atoms with Crippen LogP contribution in [0.4, 0.5) is 0 Å². The molecule has 0 aliphatic heterocycles. The van der Waals surface area contributed by atoms with Gasteiger partial charge in [0, 0.05) is 25.2 Å². The summed E-state index contributed by atoms with van der Waals surface area (Å²) in [5, 5.41) is 0. The molecule has 0 bridgehead atoms. The standard InChI is InChI=1S/C32H48N2O10.2ClH/c1-11-23(19-43-31(35)21-15-25(37-5)29(41-9)26(16-21)38-6)33(3)13-14-34(4)24(12-2)20-44-32(36)22-17-27(39-7)30(42-10)28(18-22)40-8;;/h15-18,23-24H,11-14,19-20H2,1-10H3;2*1H/t23-,24-;;/m0../s1. The Morgan fingerprint density at radius 1 is 0.565 bits per heavy atom. The van der Waals surface area contributed by atoms with Crippen molar-refractivity contribution in [3.63, 3.8) is 0 Å². The van der Waals surface area contributed by atoms with Crippen molar-refractivity contribution in [2.75, 3.05) is 83.1 Å². The number of benzene rings is 2. The van der Waals surface area contributed by atoms with E-state index in [1.165, 1.54) is 42.7 Å². The zero-order valence-electron chi connectivity index (χ0n) is 28.5. The molecule has 0 unspecified atom stereocenters. The Labute approximate surface area is 285 Å². The predicted octanol–water partition coefficient (Wildman–Crippen LogP) is 5.02. The van der Waals surface area contributed by atoms with Crippen molar-refractivity contribution >= 4 is 36.8 Å². The van der Waals surface area contributed by atoms with Gasteiger partial charge in [0.2, 0.25) is 11.5 Å². The van der Waals surface area contributed by atoms with Crippen molar-refractivity contribution in [2.45, 2.75) is 38.8 Å². The van der Waals surface area contributed by atoms with Gasteiger partial charge in [0.25, 0.3) is 0 Å². The first-order chi connectivity index (χ1) is 21.1. The van der Waals surface area contributed by atoms with Gasteiger partial charge in [-0.3, -0.25) is 9.80 Å². The Balaban J connectivity index is 0.0000101. The number of halogens is 2. The number of ether oxygens (including phenoxy) is 8. The second-order valence-corrected chi connectivity index (χ2v) is 10.1. The number of rotatable bonds is 19. The van der Waals surface area contributed by atoms with Crippen molar-refractivity contribution < 1.29 is 47.5 Å². The number of likely N-dealkylation sites (N-methyl/N-ethyl adjacent to an activating group) is 2. The van der Waals surface area contributed by atoms with E-state index >= 15 is 0 Å². The van der Waals surface area contributed by atoms with Crippen LogP contribution in [-0.2, 0) is 9.47 Å². The highest BCUT2D eigenvalue weighted by molar-refractivity contribution is 5.92. The van der Waals surface area contributed by atoms with Crippen LogP contribution >= 0.6 is 24.8 Å². The van der Waals surface area contributed by atoms with Crippen LogP contribution in [0.5, 0.6) is 34.5 Å². The summed E-state index contributed by atoms with van der Waals surface area (Å²) >= 11 is 0. The lowest BCUT2D eigenvalue weighted by Gasteiger charge is -2.31. The van der Waals surface area contributed by atoms with Crippen LogP contribution in [0.1, 0.15) is 47.4 Å². The Hall–Kier alpha value is -3.32. The van der Waals surface area contributed by atoms with Gasteiger partial charge in [0.1, 0.15) is 13.2 Å². The number of esters is 2. The van der Waals surface area contributed by atoms with Crippen LogP contribution in [-0.4, -0.2) is 117 Å². The molecule has 2 rings (SSSR count). The summed E-state index contributed by atoms with van der Waals surface area (Å²) in [6, 6.07) is 6.30. The van der Waals surface area contributed by atoms with Crippen LogP contribution in [0.25, 0.3) is 0 Å². The molecule has 0 amide bonds. The minimum absolute atomic E-state index is 0. The summed E-state index contributed by atoms with van der Waals surface area (Å²) in [5.41, 5.74) is 0.618. The quantitative estimate of drug-likeness (QED) is 0.184. The van der Waals surface area contributed by atoms with E-state index in [1.807, 2.05) is 14.1 Å². The molecular weight excluding hydrogens is 643 g/mol. The summed E-state index contributed by atoms with van der Waals surface area (Å²) in [7, 11) is 13.0. The maximum absolute atomic E-state index is 12.9. The molecule has 14 heteroatoms. The van der Waals surface area contributed by atoms with Gasteiger partial charge in [0.15, 0.2) is 23.0 Å². The summed E-state index contributed by atoms with van der Waals surface area (Å²) in [5.74, 6) is 1.38. The highest BCUT2D eigenvalue weighted by atomic mass is 35.5. The lowest BCUT2D eigenvalue weighted by atomic mass is 10.1. The number of methoxy groups -OCH3 is 6. The second kappa shape index (κ2) is 21.5. The largest absolute Gasteiger partial charge is 0.493 e. The van der Waals surface area contributed by atoms with Crippen molar-refractivity contribution in [2.24, 2.45) is 0 Å². The van der Waals surface area contributed by atoms with Gasteiger partial charge in [-0.05, 0) is 51.2 Å². The molecule has 0 aliphatic rings. The minimum atomic E-state index is -0.479. The highest BCUT2D eigenvalue weighted by Gasteiger charge is 2.23. The van der Waals surface area contributed by atoms with Crippen molar-refractivity contribution in [1.29, 1.82) is 0 Å². The first kappa shape index (κ1) is 42.7. The van der Waals surface area contributed by atoms with Crippen molar-refractivity contribution in [1.82, 2.24) is 9.80 Å². The van der Waals surface area contributed by atoms with E-state index in [9.17, 15) is 9.59 Å². The highest BCUT2D eigenvalue weighted by Crippen LogP contribution is 2.39. The molecule has 0 fully saturated rings. The molecule has 0 saturated heterocycles.